The van der Waals surface area contributed by atoms with Crippen LogP contribution >= 0.6 is 0 Å². The molecular weight excluding hydrogens is 304 g/mol. The van der Waals surface area contributed by atoms with Crippen molar-refractivity contribution in [3.63, 3.8) is 0 Å². The number of hydrogen-bond donors (Lipinski definition) is 2. The molecule has 1 unspecified atom stereocenters. The molecule has 5 nitrogen and oxygen atoms in total. The molecule has 1 amide bonds. The van der Waals surface area contributed by atoms with Crippen molar-refractivity contribution >= 4 is 5.91 Å². The van der Waals surface area contributed by atoms with Crippen molar-refractivity contribution in [3.8, 4) is 5.75 Å². The van der Waals surface area contributed by atoms with Crippen molar-refractivity contribution in [2.24, 2.45) is 5.92 Å². The van der Waals surface area contributed by atoms with Crippen LogP contribution in [0.15, 0.2) is 48.8 Å². The highest BCUT2D eigenvalue weighted by molar-refractivity contribution is 5.94. The molecule has 0 bridgehead atoms. The monoisotopic (exact) mass is 328 g/mol. The number of carbonyl (C=O) groups excluding carboxylic acids is 1. The Bertz CT molecular complexity index is 644. The van der Waals surface area contributed by atoms with E-state index in [0.717, 1.165) is 12.0 Å². The lowest BCUT2D eigenvalue weighted by atomic mass is 10.0. The molecule has 5 heteroatoms. The molecule has 128 valence electrons. The van der Waals surface area contributed by atoms with Gasteiger partial charge in [0.05, 0.1) is 12.6 Å². The minimum Gasteiger partial charge on any atom is -0.489 e. The fourth-order valence-electron chi connectivity index (χ4n) is 2.39. The lowest BCUT2D eigenvalue weighted by molar-refractivity contribution is 0.0908. The first-order chi connectivity index (χ1) is 11.6. The second-order valence-electron chi connectivity index (χ2n) is 6.16. The standard InChI is InChI=1S/C19H24N2O3/c1-14(2)9-17(12-22)21-19(23)16-6-3-7-18(10-16)24-13-15-5-4-8-20-11-15/h3-8,10-11,14,17,22H,9,12-13H2,1-2H3,(H,21,23). The van der Waals surface area contributed by atoms with E-state index in [1.165, 1.54) is 0 Å². The third-order valence-electron chi connectivity index (χ3n) is 3.54. The lowest BCUT2D eigenvalue weighted by Gasteiger charge is -2.18. The number of rotatable bonds is 8. The maximum Gasteiger partial charge on any atom is 0.251 e. The van der Waals surface area contributed by atoms with Crippen molar-refractivity contribution in [3.05, 3.63) is 59.9 Å². The number of amides is 1. The van der Waals surface area contributed by atoms with E-state index in [9.17, 15) is 9.90 Å². The summed E-state index contributed by atoms with van der Waals surface area (Å²) in [6, 6.07) is 10.6. The van der Waals surface area contributed by atoms with Gasteiger partial charge in [-0.3, -0.25) is 9.78 Å². The zero-order valence-corrected chi connectivity index (χ0v) is 14.1. The number of aliphatic hydroxyl groups is 1. The van der Waals surface area contributed by atoms with Gasteiger partial charge in [-0.05, 0) is 36.6 Å². The van der Waals surface area contributed by atoms with Crippen LogP contribution in [0.2, 0.25) is 0 Å². The maximum atomic E-state index is 12.3. The molecule has 0 aliphatic rings. The number of aromatic nitrogens is 1. The third-order valence-corrected chi connectivity index (χ3v) is 3.54. The molecule has 2 aromatic rings. The van der Waals surface area contributed by atoms with Crippen LogP contribution in [0.4, 0.5) is 0 Å². The van der Waals surface area contributed by atoms with Crippen LogP contribution in [-0.4, -0.2) is 28.6 Å². The maximum absolute atomic E-state index is 12.3. The number of benzene rings is 1. The quantitative estimate of drug-likeness (QED) is 0.782. The van der Waals surface area contributed by atoms with Gasteiger partial charge in [-0.25, -0.2) is 0 Å². The van der Waals surface area contributed by atoms with E-state index in [1.54, 1.807) is 30.6 Å². The second kappa shape index (κ2) is 9.03. The molecule has 1 atom stereocenters. The summed E-state index contributed by atoms with van der Waals surface area (Å²) in [5, 5.41) is 12.3. The minimum atomic E-state index is -0.238. The van der Waals surface area contributed by atoms with Crippen LogP contribution < -0.4 is 10.1 Å². The summed E-state index contributed by atoms with van der Waals surface area (Å²) in [5.74, 6) is 0.814. The van der Waals surface area contributed by atoms with Crippen LogP contribution in [0.25, 0.3) is 0 Å². The topological polar surface area (TPSA) is 71.5 Å². The Labute approximate surface area is 142 Å². The zero-order valence-electron chi connectivity index (χ0n) is 14.1. The summed E-state index contributed by atoms with van der Waals surface area (Å²) in [5.41, 5.74) is 1.48. The molecule has 0 fully saturated rings. The summed E-state index contributed by atoms with van der Waals surface area (Å²) < 4.78 is 5.71. The average molecular weight is 328 g/mol. The van der Waals surface area contributed by atoms with E-state index < -0.39 is 0 Å². The van der Waals surface area contributed by atoms with Crippen molar-refractivity contribution in [1.29, 1.82) is 0 Å². The number of pyridine rings is 1. The van der Waals surface area contributed by atoms with E-state index in [-0.39, 0.29) is 18.6 Å². The molecule has 1 heterocycles. The van der Waals surface area contributed by atoms with Gasteiger partial charge in [0.1, 0.15) is 12.4 Å². The van der Waals surface area contributed by atoms with Crippen molar-refractivity contribution in [2.75, 3.05) is 6.61 Å². The van der Waals surface area contributed by atoms with Crippen LogP contribution in [-0.2, 0) is 6.61 Å². The van der Waals surface area contributed by atoms with Crippen LogP contribution in [0.1, 0.15) is 36.2 Å². The second-order valence-corrected chi connectivity index (χ2v) is 6.16. The molecule has 1 aromatic heterocycles. The predicted molar refractivity (Wildman–Crippen MR) is 92.8 cm³/mol. The molecule has 24 heavy (non-hydrogen) atoms. The summed E-state index contributed by atoms with van der Waals surface area (Å²) in [7, 11) is 0. The molecule has 0 spiro atoms. The van der Waals surface area contributed by atoms with Gasteiger partial charge in [-0.2, -0.15) is 0 Å². The molecule has 0 saturated heterocycles. The van der Waals surface area contributed by atoms with E-state index in [0.29, 0.717) is 23.8 Å². The smallest absolute Gasteiger partial charge is 0.251 e. The molecular formula is C19H24N2O3. The average Bonchev–Trinajstić information content (AvgIpc) is 2.60. The zero-order chi connectivity index (χ0) is 17.4. The highest BCUT2D eigenvalue weighted by atomic mass is 16.5. The number of nitrogens with zero attached hydrogens (tertiary/aromatic N) is 1. The third kappa shape index (κ3) is 5.66. The minimum absolute atomic E-state index is 0.0683. The van der Waals surface area contributed by atoms with Gasteiger partial charge in [0.2, 0.25) is 0 Å². The lowest BCUT2D eigenvalue weighted by Crippen LogP contribution is -2.38. The van der Waals surface area contributed by atoms with Gasteiger partial charge in [0, 0.05) is 23.5 Å². The Morgan fingerprint density at radius 3 is 2.79 bits per heavy atom. The largest absolute Gasteiger partial charge is 0.489 e. The molecule has 2 N–H and O–H groups in total. The van der Waals surface area contributed by atoms with E-state index in [1.807, 2.05) is 18.2 Å². The van der Waals surface area contributed by atoms with Crippen molar-refractivity contribution < 1.29 is 14.6 Å². The predicted octanol–water partition coefficient (Wildman–Crippen LogP) is 2.80. The highest BCUT2D eigenvalue weighted by Gasteiger charge is 2.14. The van der Waals surface area contributed by atoms with E-state index in [2.05, 4.69) is 24.1 Å². The number of carbonyl (C=O) groups is 1. The van der Waals surface area contributed by atoms with E-state index >= 15 is 0 Å². The fourth-order valence-corrected chi connectivity index (χ4v) is 2.39. The van der Waals surface area contributed by atoms with Crippen LogP contribution in [0, 0.1) is 5.92 Å². The summed E-state index contributed by atoms with van der Waals surface area (Å²) in [6.45, 7) is 4.44. The van der Waals surface area contributed by atoms with Gasteiger partial charge < -0.3 is 15.2 Å². The molecule has 1 aromatic carbocycles. The Morgan fingerprint density at radius 2 is 2.12 bits per heavy atom. The highest BCUT2D eigenvalue weighted by Crippen LogP contribution is 2.15. The van der Waals surface area contributed by atoms with Gasteiger partial charge >= 0.3 is 0 Å². The van der Waals surface area contributed by atoms with Gasteiger partial charge in [0.25, 0.3) is 5.91 Å². The number of nitrogens with one attached hydrogen (secondary N) is 1. The van der Waals surface area contributed by atoms with Gasteiger partial charge in [-0.1, -0.05) is 26.0 Å². The van der Waals surface area contributed by atoms with Crippen molar-refractivity contribution in [1.82, 2.24) is 10.3 Å². The van der Waals surface area contributed by atoms with Crippen molar-refractivity contribution in [2.45, 2.75) is 32.9 Å². The van der Waals surface area contributed by atoms with Gasteiger partial charge in [0.15, 0.2) is 0 Å². The Kier molecular flexibility index (Phi) is 6.75. The molecule has 2 rings (SSSR count). The molecule has 0 aliphatic carbocycles. The summed E-state index contributed by atoms with van der Waals surface area (Å²) in [6.07, 6.45) is 4.19. The molecule has 0 aliphatic heterocycles. The SMILES string of the molecule is CC(C)CC(CO)NC(=O)c1cccc(OCc2cccnc2)c1. The normalized spacial score (nSPS) is 12.0. The summed E-state index contributed by atoms with van der Waals surface area (Å²) >= 11 is 0. The van der Waals surface area contributed by atoms with Gasteiger partial charge in [-0.15, -0.1) is 0 Å². The Balaban J connectivity index is 1.97. The van der Waals surface area contributed by atoms with E-state index in [4.69, 9.17) is 4.74 Å². The number of ether oxygens (including phenoxy) is 1. The van der Waals surface area contributed by atoms with Crippen LogP contribution in [0.5, 0.6) is 5.75 Å². The first-order valence-corrected chi connectivity index (χ1v) is 8.12. The number of aliphatic hydroxyl groups excluding tert-OH is 1. The Hall–Kier alpha value is -2.40. The first-order valence-electron chi connectivity index (χ1n) is 8.12. The first kappa shape index (κ1) is 17.9. The summed E-state index contributed by atoms with van der Waals surface area (Å²) in [4.78, 5) is 16.4. The molecule has 0 radical (unpaired) electrons. The Morgan fingerprint density at radius 1 is 1.29 bits per heavy atom. The molecule has 0 saturated carbocycles. The number of hydrogen-bond acceptors (Lipinski definition) is 4. The fraction of sp³-hybridized carbons (Fsp3) is 0.368. The van der Waals surface area contributed by atoms with Crippen LogP contribution in [0.3, 0.4) is 0 Å².